The molecule has 0 atom stereocenters. The molecular weight excluding hydrogens is 471 g/mol. The number of esters is 1. The first-order valence-electron chi connectivity index (χ1n) is 12.0. The minimum Gasteiger partial charge on any atom is -0.484 e. The van der Waals surface area contributed by atoms with Gasteiger partial charge in [-0.3, -0.25) is 4.79 Å². The lowest BCUT2D eigenvalue weighted by Crippen LogP contribution is -2.25. The zero-order chi connectivity index (χ0) is 27.1. The van der Waals surface area contributed by atoms with Gasteiger partial charge in [0.15, 0.2) is 6.61 Å². The molecule has 0 unspecified atom stereocenters. The van der Waals surface area contributed by atoms with Gasteiger partial charge in [0, 0.05) is 0 Å². The summed E-state index contributed by atoms with van der Waals surface area (Å²) in [6.45, 7) is 11.0. The van der Waals surface area contributed by atoms with Gasteiger partial charge in [-0.25, -0.2) is 14.6 Å². The Bertz CT molecular complexity index is 1240. The summed E-state index contributed by atoms with van der Waals surface area (Å²) in [7, 11) is 0. The van der Waals surface area contributed by atoms with Crippen molar-refractivity contribution in [2.75, 3.05) is 6.61 Å². The Morgan fingerprint density at radius 2 is 1.57 bits per heavy atom. The SMILES string of the molecule is CC(C)(C)CC(C)(C)c1ccc(OCC(=O)NN=Cc2ccc(OC(=O)c3cccc(F)c3)cc2)cc1. The van der Waals surface area contributed by atoms with Gasteiger partial charge in [-0.1, -0.05) is 52.8 Å². The van der Waals surface area contributed by atoms with Gasteiger partial charge in [-0.2, -0.15) is 5.10 Å². The molecule has 0 saturated carbocycles. The Kier molecular flexibility index (Phi) is 8.81. The number of carbonyl (C=O) groups excluding carboxylic acids is 2. The number of hydrogen-bond acceptors (Lipinski definition) is 5. The van der Waals surface area contributed by atoms with Gasteiger partial charge in [0.05, 0.1) is 11.8 Å². The van der Waals surface area contributed by atoms with Gasteiger partial charge in [-0.05, 0) is 83.0 Å². The smallest absolute Gasteiger partial charge is 0.343 e. The second-order valence-corrected chi connectivity index (χ2v) is 10.7. The first-order valence-corrected chi connectivity index (χ1v) is 12.0. The van der Waals surface area contributed by atoms with E-state index in [-0.39, 0.29) is 23.0 Å². The van der Waals surface area contributed by atoms with Crippen LogP contribution in [0.5, 0.6) is 11.5 Å². The maximum Gasteiger partial charge on any atom is 0.343 e. The number of nitrogens with zero attached hydrogens (tertiary/aromatic N) is 1. The van der Waals surface area contributed by atoms with E-state index in [0.717, 1.165) is 12.5 Å². The molecule has 3 rings (SSSR count). The largest absolute Gasteiger partial charge is 0.484 e. The average molecular weight is 505 g/mol. The number of halogens is 1. The number of hydrogen-bond donors (Lipinski definition) is 1. The van der Waals surface area contributed by atoms with Crippen LogP contribution < -0.4 is 14.9 Å². The number of benzene rings is 3. The Hall–Kier alpha value is -4.00. The van der Waals surface area contributed by atoms with Crippen molar-refractivity contribution in [2.45, 2.75) is 46.5 Å². The van der Waals surface area contributed by atoms with Crippen LogP contribution in [0.15, 0.2) is 77.9 Å². The van der Waals surface area contributed by atoms with Crippen LogP contribution in [-0.2, 0) is 10.2 Å². The Labute approximate surface area is 217 Å². The number of rotatable bonds is 9. The molecular formula is C30H33FN2O4. The monoisotopic (exact) mass is 504 g/mol. The van der Waals surface area contributed by atoms with E-state index in [0.29, 0.717) is 17.1 Å². The zero-order valence-corrected chi connectivity index (χ0v) is 21.9. The molecule has 0 fully saturated rings. The average Bonchev–Trinajstić information content (AvgIpc) is 2.82. The molecule has 0 bridgehead atoms. The normalized spacial score (nSPS) is 11.8. The minimum atomic E-state index is -0.656. The summed E-state index contributed by atoms with van der Waals surface area (Å²) in [6, 6.07) is 19.6. The number of amides is 1. The third kappa shape index (κ3) is 8.86. The van der Waals surface area contributed by atoms with Crippen LogP contribution in [0.3, 0.4) is 0 Å². The van der Waals surface area contributed by atoms with Crippen LogP contribution in [-0.4, -0.2) is 24.7 Å². The fourth-order valence-corrected chi connectivity index (χ4v) is 4.19. The lowest BCUT2D eigenvalue weighted by molar-refractivity contribution is -0.123. The highest BCUT2D eigenvalue weighted by Crippen LogP contribution is 2.36. The zero-order valence-electron chi connectivity index (χ0n) is 21.9. The van der Waals surface area contributed by atoms with Gasteiger partial charge < -0.3 is 9.47 Å². The molecule has 3 aromatic rings. The summed E-state index contributed by atoms with van der Waals surface area (Å²) in [5, 5.41) is 3.93. The number of nitrogens with one attached hydrogen (secondary N) is 1. The fourth-order valence-electron chi connectivity index (χ4n) is 4.19. The summed E-state index contributed by atoms with van der Waals surface area (Å²) in [5.41, 5.74) is 4.69. The summed E-state index contributed by atoms with van der Waals surface area (Å²) < 4.78 is 24.1. The van der Waals surface area contributed by atoms with Crippen molar-refractivity contribution in [2.24, 2.45) is 10.5 Å². The van der Waals surface area contributed by atoms with Crippen molar-refractivity contribution in [1.29, 1.82) is 0 Å². The van der Waals surface area contributed by atoms with Gasteiger partial charge >= 0.3 is 5.97 Å². The summed E-state index contributed by atoms with van der Waals surface area (Å²) in [5.74, 6) is -0.651. The predicted molar refractivity (Wildman–Crippen MR) is 143 cm³/mol. The molecule has 0 aliphatic carbocycles. The molecule has 0 heterocycles. The Morgan fingerprint density at radius 3 is 2.19 bits per heavy atom. The number of ether oxygens (including phenoxy) is 2. The van der Waals surface area contributed by atoms with E-state index in [1.54, 1.807) is 24.3 Å². The van der Waals surface area contributed by atoms with E-state index < -0.39 is 17.7 Å². The highest BCUT2D eigenvalue weighted by atomic mass is 19.1. The molecule has 0 aliphatic heterocycles. The van der Waals surface area contributed by atoms with Gasteiger partial charge in [0.2, 0.25) is 0 Å². The predicted octanol–water partition coefficient (Wildman–Crippen LogP) is 6.29. The molecule has 1 N–H and O–H groups in total. The van der Waals surface area contributed by atoms with E-state index in [1.807, 2.05) is 24.3 Å². The topological polar surface area (TPSA) is 77.0 Å². The van der Waals surface area contributed by atoms with E-state index in [1.165, 1.54) is 30.0 Å². The van der Waals surface area contributed by atoms with Crippen LogP contribution >= 0.6 is 0 Å². The second kappa shape index (κ2) is 11.8. The Balaban J connectivity index is 1.45. The van der Waals surface area contributed by atoms with E-state index in [2.05, 4.69) is 45.1 Å². The molecule has 0 radical (unpaired) electrons. The summed E-state index contributed by atoms with van der Waals surface area (Å²) in [6.07, 6.45) is 2.51. The Morgan fingerprint density at radius 1 is 0.919 bits per heavy atom. The highest BCUT2D eigenvalue weighted by molar-refractivity contribution is 5.91. The molecule has 0 spiro atoms. The number of carbonyl (C=O) groups is 2. The van der Waals surface area contributed by atoms with E-state index >= 15 is 0 Å². The minimum absolute atomic E-state index is 0.0318. The maximum atomic E-state index is 13.3. The molecule has 0 saturated heterocycles. The second-order valence-electron chi connectivity index (χ2n) is 10.7. The summed E-state index contributed by atoms with van der Waals surface area (Å²) in [4.78, 5) is 24.2. The standard InChI is InChI=1S/C30H33FN2O4/c1-29(2,3)20-30(4,5)23-11-15-25(16-12-23)36-19-27(34)33-32-18-21-9-13-26(14-10-21)37-28(35)22-7-6-8-24(31)17-22/h6-18H,19-20H2,1-5H3,(H,33,34). The van der Waals surface area contributed by atoms with Crippen LogP contribution in [0, 0.1) is 11.2 Å². The first kappa shape index (κ1) is 27.6. The van der Waals surface area contributed by atoms with Crippen LogP contribution in [0.4, 0.5) is 4.39 Å². The van der Waals surface area contributed by atoms with E-state index in [9.17, 15) is 14.0 Å². The molecule has 194 valence electrons. The highest BCUT2D eigenvalue weighted by Gasteiger charge is 2.27. The maximum absolute atomic E-state index is 13.3. The van der Waals surface area contributed by atoms with Gasteiger partial charge in [0.25, 0.3) is 5.91 Å². The lowest BCUT2D eigenvalue weighted by atomic mass is 9.72. The molecule has 0 aliphatic rings. The lowest BCUT2D eigenvalue weighted by Gasteiger charge is -2.33. The van der Waals surface area contributed by atoms with Crippen molar-refractivity contribution in [3.8, 4) is 11.5 Å². The third-order valence-corrected chi connectivity index (χ3v) is 5.53. The van der Waals surface area contributed by atoms with Crippen LogP contribution in [0.2, 0.25) is 0 Å². The fraction of sp³-hybridized carbons (Fsp3) is 0.300. The van der Waals surface area contributed by atoms with E-state index in [4.69, 9.17) is 9.47 Å². The first-order chi connectivity index (χ1) is 17.4. The summed E-state index contributed by atoms with van der Waals surface area (Å²) >= 11 is 0. The number of hydrazone groups is 1. The van der Waals surface area contributed by atoms with Crippen molar-refractivity contribution in [3.63, 3.8) is 0 Å². The molecule has 37 heavy (non-hydrogen) atoms. The van der Waals surface area contributed by atoms with Crippen molar-refractivity contribution in [3.05, 3.63) is 95.3 Å². The van der Waals surface area contributed by atoms with Crippen LogP contribution in [0.25, 0.3) is 0 Å². The third-order valence-electron chi connectivity index (χ3n) is 5.53. The molecule has 1 amide bonds. The molecule has 6 nitrogen and oxygen atoms in total. The van der Waals surface area contributed by atoms with Crippen molar-refractivity contribution < 1.29 is 23.5 Å². The molecule has 0 aromatic heterocycles. The van der Waals surface area contributed by atoms with Gasteiger partial charge in [0.1, 0.15) is 17.3 Å². The van der Waals surface area contributed by atoms with Gasteiger partial charge in [-0.15, -0.1) is 0 Å². The van der Waals surface area contributed by atoms with Crippen molar-refractivity contribution in [1.82, 2.24) is 5.43 Å². The molecule has 3 aromatic carbocycles. The molecule has 7 heteroatoms. The van der Waals surface area contributed by atoms with Crippen molar-refractivity contribution >= 4 is 18.1 Å². The quantitative estimate of drug-likeness (QED) is 0.161. The van der Waals surface area contributed by atoms with Crippen LogP contribution in [0.1, 0.15) is 62.5 Å².